The summed E-state index contributed by atoms with van der Waals surface area (Å²) >= 11 is 2.26. The lowest BCUT2D eigenvalue weighted by atomic mass is 10.3. The summed E-state index contributed by atoms with van der Waals surface area (Å²) in [6.07, 6.45) is 0. The van der Waals surface area contributed by atoms with Crippen LogP contribution in [0.1, 0.15) is 19.7 Å². The van der Waals surface area contributed by atoms with Crippen LogP contribution in [0.25, 0.3) is 0 Å². The third-order valence-corrected chi connectivity index (χ3v) is 2.88. The number of benzene rings is 1. The Morgan fingerprint density at radius 2 is 2.17 bits per heavy atom. The Hall–Kier alpha value is -1.15. The topological polar surface area (TPSA) is 63.0 Å². The number of aromatic nitrogens is 2. The van der Waals surface area contributed by atoms with Crippen LogP contribution < -0.4 is 10.6 Å². The summed E-state index contributed by atoms with van der Waals surface area (Å²) in [6, 6.07) is 8.77. The van der Waals surface area contributed by atoms with Gasteiger partial charge in [-0.15, -0.1) is 5.10 Å². The number of rotatable bonds is 5. The SMILES string of the molecule is CC(C)NCc1nnc(Nc2cccc(I)c2)o1. The Morgan fingerprint density at radius 3 is 2.89 bits per heavy atom. The van der Waals surface area contributed by atoms with Gasteiger partial charge < -0.3 is 15.1 Å². The van der Waals surface area contributed by atoms with E-state index >= 15 is 0 Å². The molecule has 1 heterocycles. The van der Waals surface area contributed by atoms with Crippen molar-refractivity contribution in [2.45, 2.75) is 26.4 Å². The molecule has 0 atom stereocenters. The zero-order valence-electron chi connectivity index (χ0n) is 10.3. The first-order chi connectivity index (χ1) is 8.63. The fourth-order valence-electron chi connectivity index (χ4n) is 1.36. The molecule has 2 rings (SSSR count). The first-order valence-corrected chi connectivity index (χ1v) is 6.80. The monoisotopic (exact) mass is 358 g/mol. The molecule has 0 aliphatic rings. The molecule has 2 N–H and O–H groups in total. The van der Waals surface area contributed by atoms with Crippen molar-refractivity contribution in [3.05, 3.63) is 33.7 Å². The van der Waals surface area contributed by atoms with Gasteiger partial charge in [0.1, 0.15) is 0 Å². The van der Waals surface area contributed by atoms with E-state index in [1.165, 1.54) is 0 Å². The van der Waals surface area contributed by atoms with Crippen molar-refractivity contribution in [3.8, 4) is 0 Å². The van der Waals surface area contributed by atoms with Gasteiger partial charge in [-0.1, -0.05) is 25.0 Å². The predicted octanol–water partition coefficient (Wildman–Crippen LogP) is 2.92. The fourth-order valence-corrected chi connectivity index (χ4v) is 1.90. The summed E-state index contributed by atoms with van der Waals surface area (Å²) in [6.45, 7) is 4.72. The van der Waals surface area contributed by atoms with E-state index in [9.17, 15) is 0 Å². The van der Waals surface area contributed by atoms with E-state index < -0.39 is 0 Å². The van der Waals surface area contributed by atoms with Crippen LogP contribution >= 0.6 is 22.6 Å². The van der Waals surface area contributed by atoms with E-state index in [0.29, 0.717) is 24.5 Å². The molecule has 1 aromatic carbocycles. The standard InChI is InChI=1S/C12H15IN4O/c1-8(2)14-7-11-16-17-12(18-11)15-10-5-3-4-9(13)6-10/h3-6,8,14H,7H2,1-2H3,(H,15,17). The minimum absolute atomic E-state index is 0.393. The zero-order chi connectivity index (χ0) is 13.0. The van der Waals surface area contributed by atoms with Gasteiger partial charge in [-0.05, 0) is 40.8 Å². The molecular weight excluding hydrogens is 343 g/mol. The van der Waals surface area contributed by atoms with E-state index in [1.807, 2.05) is 24.3 Å². The summed E-state index contributed by atoms with van der Waals surface area (Å²) < 4.78 is 6.63. The average molecular weight is 358 g/mol. The number of anilines is 2. The van der Waals surface area contributed by atoms with E-state index in [0.717, 1.165) is 9.26 Å². The van der Waals surface area contributed by atoms with Crippen molar-refractivity contribution in [2.75, 3.05) is 5.32 Å². The van der Waals surface area contributed by atoms with Crippen molar-refractivity contribution in [2.24, 2.45) is 0 Å². The van der Waals surface area contributed by atoms with Crippen molar-refractivity contribution in [3.63, 3.8) is 0 Å². The number of nitrogens with one attached hydrogen (secondary N) is 2. The molecule has 2 aromatic rings. The summed E-state index contributed by atoms with van der Waals surface area (Å²) in [5.41, 5.74) is 0.939. The van der Waals surface area contributed by atoms with E-state index in [4.69, 9.17) is 4.42 Å². The Kier molecular flexibility index (Phi) is 4.54. The number of halogens is 1. The molecule has 5 nitrogen and oxygen atoms in total. The molecule has 18 heavy (non-hydrogen) atoms. The van der Waals surface area contributed by atoms with Gasteiger partial charge in [0.2, 0.25) is 5.89 Å². The summed E-state index contributed by atoms with van der Waals surface area (Å²) in [5, 5.41) is 14.2. The second-order valence-electron chi connectivity index (χ2n) is 4.17. The Bertz CT molecular complexity index is 512. The maximum Gasteiger partial charge on any atom is 0.320 e. The van der Waals surface area contributed by atoms with E-state index in [1.54, 1.807) is 0 Å². The van der Waals surface area contributed by atoms with Crippen molar-refractivity contribution in [1.29, 1.82) is 0 Å². The van der Waals surface area contributed by atoms with E-state index in [2.05, 4.69) is 57.3 Å². The van der Waals surface area contributed by atoms with Gasteiger partial charge in [-0.2, -0.15) is 0 Å². The van der Waals surface area contributed by atoms with Gasteiger partial charge in [0.25, 0.3) is 0 Å². The highest BCUT2D eigenvalue weighted by Crippen LogP contribution is 2.17. The second kappa shape index (κ2) is 6.14. The molecule has 0 bridgehead atoms. The maximum atomic E-state index is 5.48. The number of hydrogen-bond donors (Lipinski definition) is 2. The molecule has 0 spiro atoms. The fraction of sp³-hybridized carbons (Fsp3) is 0.333. The largest absolute Gasteiger partial charge is 0.406 e. The molecule has 1 aromatic heterocycles. The van der Waals surface area contributed by atoms with E-state index in [-0.39, 0.29) is 0 Å². The molecule has 96 valence electrons. The minimum atomic E-state index is 0.393. The lowest BCUT2D eigenvalue weighted by molar-refractivity contribution is 0.460. The van der Waals surface area contributed by atoms with Gasteiger partial charge in [-0.25, -0.2) is 0 Å². The summed E-state index contributed by atoms with van der Waals surface area (Å²) in [4.78, 5) is 0. The zero-order valence-corrected chi connectivity index (χ0v) is 12.4. The van der Waals surface area contributed by atoms with Crippen molar-refractivity contribution >= 4 is 34.3 Å². The van der Waals surface area contributed by atoms with Gasteiger partial charge in [0, 0.05) is 15.3 Å². The van der Waals surface area contributed by atoms with Crippen LogP contribution in [0.3, 0.4) is 0 Å². The predicted molar refractivity (Wildman–Crippen MR) is 78.7 cm³/mol. The lowest BCUT2D eigenvalue weighted by Crippen LogP contribution is -2.21. The Labute approximate surface area is 120 Å². The quantitative estimate of drug-likeness (QED) is 0.805. The normalized spacial score (nSPS) is 10.9. The Balaban J connectivity index is 1.98. The number of hydrogen-bond acceptors (Lipinski definition) is 5. The third-order valence-electron chi connectivity index (χ3n) is 2.20. The smallest absolute Gasteiger partial charge is 0.320 e. The van der Waals surface area contributed by atoms with Gasteiger partial charge >= 0.3 is 6.01 Å². The molecule has 0 fully saturated rings. The van der Waals surface area contributed by atoms with Crippen LogP contribution in [0, 0.1) is 3.57 Å². The summed E-state index contributed by atoms with van der Waals surface area (Å²) in [7, 11) is 0. The molecule has 0 amide bonds. The molecule has 0 radical (unpaired) electrons. The molecular formula is C12H15IN4O. The molecule has 0 saturated carbocycles. The molecule has 0 unspecified atom stereocenters. The maximum absolute atomic E-state index is 5.48. The molecule has 0 aliphatic heterocycles. The number of nitrogens with zero attached hydrogens (tertiary/aromatic N) is 2. The highest BCUT2D eigenvalue weighted by Gasteiger charge is 2.06. The first-order valence-electron chi connectivity index (χ1n) is 5.72. The molecule has 0 aliphatic carbocycles. The van der Waals surface area contributed by atoms with Gasteiger partial charge in [0.05, 0.1) is 6.54 Å². The van der Waals surface area contributed by atoms with Crippen molar-refractivity contribution < 1.29 is 4.42 Å². The van der Waals surface area contributed by atoms with Crippen LogP contribution in [0.4, 0.5) is 11.7 Å². The lowest BCUT2D eigenvalue weighted by Gasteiger charge is -2.03. The van der Waals surface area contributed by atoms with Gasteiger partial charge in [0.15, 0.2) is 0 Å². The highest BCUT2D eigenvalue weighted by atomic mass is 127. The first kappa shape index (κ1) is 13.3. The van der Waals surface area contributed by atoms with Crippen LogP contribution in [-0.2, 0) is 6.54 Å². The minimum Gasteiger partial charge on any atom is -0.406 e. The highest BCUT2D eigenvalue weighted by molar-refractivity contribution is 14.1. The second-order valence-corrected chi connectivity index (χ2v) is 5.42. The van der Waals surface area contributed by atoms with Crippen LogP contribution in [0.15, 0.2) is 28.7 Å². The molecule has 6 heteroatoms. The molecule has 0 saturated heterocycles. The van der Waals surface area contributed by atoms with Crippen LogP contribution in [0.2, 0.25) is 0 Å². The average Bonchev–Trinajstić information content (AvgIpc) is 2.74. The Morgan fingerprint density at radius 1 is 1.33 bits per heavy atom. The van der Waals surface area contributed by atoms with Crippen LogP contribution in [-0.4, -0.2) is 16.2 Å². The van der Waals surface area contributed by atoms with Crippen LogP contribution in [0.5, 0.6) is 0 Å². The third kappa shape index (κ3) is 3.95. The van der Waals surface area contributed by atoms with Gasteiger partial charge in [-0.3, -0.25) is 0 Å². The summed E-state index contributed by atoms with van der Waals surface area (Å²) in [5.74, 6) is 0.580. The van der Waals surface area contributed by atoms with Crippen molar-refractivity contribution in [1.82, 2.24) is 15.5 Å².